The summed E-state index contributed by atoms with van der Waals surface area (Å²) in [6.07, 6.45) is 5.88. The monoisotopic (exact) mass is 216 g/mol. The van der Waals surface area contributed by atoms with Crippen LogP contribution >= 0.6 is 0 Å². The molecule has 4 heteroatoms. The average molecular weight is 216 g/mol. The fraction of sp³-hybridized carbons (Fsp3) is 0.167. The number of nitrogens with zero attached hydrogens (tertiary/aromatic N) is 1. The first-order chi connectivity index (χ1) is 7.66. The summed E-state index contributed by atoms with van der Waals surface area (Å²) < 4.78 is 0. The van der Waals surface area contributed by atoms with Gasteiger partial charge in [0, 0.05) is 23.7 Å². The molecule has 82 valence electrons. The van der Waals surface area contributed by atoms with Crippen LogP contribution < -0.4 is 5.32 Å². The average Bonchev–Trinajstić information content (AvgIpc) is 2.29. The van der Waals surface area contributed by atoms with Gasteiger partial charge in [-0.15, -0.1) is 0 Å². The van der Waals surface area contributed by atoms with Crippen molar-refractivity contribution in [1.82, 2.24) is 5.32 Å². The van der Waals surface area contributed by atoms with E-state index < -0.39 is 0 Å². The van der Waals surface area contributed by atoms with E-state index in [1.165, 1.54) is 6.07 Å². The third kappa shape index (κ3) is 2.11. The Labute approximate surface area is 93.4 Å². The molecule has 1 atom stereocenters. The lowest BCUT2D eigenvalue weighted by Gasteiger charge is -2.15. The van der Waals surface area contributed by atoms with Crippen molar-refractivity contribution in [2.45, 2.75) is 12.8 Å². The lowest BCUT2D eigenvalue weighted by Crippen LogP contribution is -2.09. The summed E-state index contributed by atoms with van der Waals surface area (Å²) in [4.78, 5) is 10.3. The number of nitro benzene ring substituents is 1. The second-order valence-electron chi connectivity index (χ2n) is 3.73. The predicted molar refractivity (Wildman–Crippen MR) is 61.9 cm³/mol. The van der Waals surface area contributed by atoms with Crippen molar-refractivity contribution in [2.75, 3.05) is 0 Å². The fourth-order valence-electron chi connectivity index (χ4n) is 1.71. The normalized spacial score (nSPS) is 18.8. The zero-order valence-electron chi connectivity index (χ0n) is 8.88. The van der Waals surface area contributed by atoms with Gasteiger partial charge in [-0.3, -0.25) is 10.1 Å². The minimum Gasteiger partial charge on any atom is -0.366 e. The van der Waals surface area contributed by atoms with Crippen molar-refractivity contribution in [3.63, 3.8) is 0 Å². The molecule has 0 bridgehead atoms. The molecule has 4 nitrogen and oxygen atoms in total. The molecule has 16 heavy (non-hydrogen) atoms. The maximum atomic E-state index is 10.7. The Bertz CT molecular complexity index is 478. The highest BCUT2D eigenvalue weighted by Gasteiger charge is 2.12. The van der Waals surface area contributed by atoms with Crippen molar-refractivity contribution in [3.05, 3.63) is 64.0 Å². The Kier molecular flexibility index (Phi) is 2.72. The van der Waals surface area contributed by atoms with E-state index in [9.17, 15) is 10.1 Å². The van der Waals surface area contributed by atoms with Crippen molar-refractivity contribution < 1.29 is 4.92 Å². The van der Waals surface area contributed by atoms with Crippen LogP contribution in [0.15, 0.2) is 48.3 Å². The van der Waals surface area contributed by atoms with E-state index in [1.807, 2.05) is 31.3 Å². The van der Waals surface area contributed by atoms with Crippen molar-refractivity contribution in [2.24, 2.45) is 0 Å². The quantitative estimate of drug-likeness (QED) is 0.610. The van der Waals surface area contributed by atoms with E-state index in [4.69, 9.17) is 0 Å². The maximum Gasteiger partial charge on any atom is 0.269 e. The third-order valence-corrected chi connectivity index (χ3v) is 2.51. The van der Waals surface area contributed by atoms with Gasteiger partial charge in [-0.1, -0.05) is 24.3 Å². The predicted octanol–water partition coefficient (Wildman–Crippen LogP) is 2.70. The summed E-state index contributed by atoms with van der Waals surface area (Å²) in [5, 5.41) is 13.7. The molecule has 1 unspecified atom stereocenters. The first-order valence-electron chi connectivity index (χ1n) is 5.03. The first-order valence-corrected chi connectivity index (χ1v) is 5.03. The highest BCUT2D eigenvalue weighted by atomic mass is 16.6. The van der Waals surface area contributed by atoms with Gasteiger partial charge in [-0.2, -0.15) is 0 Å². The minimum atomic E-state index is -0.370. The van der Waals surface area contributed by atoms with E-state index >= 15 is 0 Å². The Morgan fingerprint density at radius 2 is 2.25 bits per heavy atom. The van der Waals surface area contributed by atoms with Crippen molar-refractivity contribution >= 4 is 5.69 Å². The molecule has 1 N–H and O–H groups in total. The van der Waals surface area contributed by atoms with Gasteiger partial charge >= 0.3 is 0 Å². The number of rotatable bonds is 2. The second-order valence-corrected chi connectivity index (χ2v) is 3.73. The molecule has 0 fully saturated rings. The Morgan fingerprint density at radius 3 is 2.94 bits per heavy atom. The van der Waals surface area contributed by atoms with Gasteiger partial charge in [0.05, 0.1) is 4.92 Å². The zero-order chi connectivity index (χ0) is 11.5. The third-order valence-electron chi connectivity index (χ3n) is 2.51. The van der Waals surface area contributed by atoms with Gasteiger partial charge in [0.2, 0.25) is 0 Å². The molecule has 0 radical (unpaired) electrons. The zero-order valence-corrected chi connectivity index (χ0v) is 8.88. The summed E-state index contributed by atoms with van der Waals surface area (Å²) in [6, 6.07) is 6.73. The minimum absolute atomic E-state index is 0.112. The SMILES string of the molecule is CC1=CC(c2cccc([N+](=O)[O-])c2)C=CN1. The first kappa shape index (κ1) is 10.4. The number of nitro groups is 1. The number of benzene rings is 1. The molecule has 0 amide bonds. The number of nitrogens with one attached hydrogen (secondary N) is 1. The van der Waals surface area contributed by atoms with Crippen LogP contribution in [0.4, 0.5) is 5.69 Å². The van der Waals surface area contributed by atoms with Crippen LogP contribution in [0.2, 0.25) is 0 Å². The Hall–Kier alpha value is -2.10. The van der Waals surface area contributed by atoms with Gasteiger partial charge in [-0.25, -0.2) is 0 Å². The van der Waals surface area contributed by atoms with E-state index in [0.29, 0.717) is 0 Å². The summed E-state index contributed by atoms with van der Waals surface area (Å²) in [5.41, 5.74) is 2.13. The van der Waals surface area contributed by atoms with E-state index in [2.05, 4.69) is 5.32 Å². The van der Waals surface area contributed by atoms with E-state index in [1.54, 1.807) is 12.1 Å². The van der Waals surface area contributed by atoms with Crippen molar-refractivity contribution in [3.8, 4) is 0 Å². The summed E-state index contributed by atoms with van der Waals surface area (Å²) in [6.45, 7) is 1.97. The highest BCUT2D eigenvalue weighted by molar-refractivity contribution is 5.40. The molecule has 1 aliphatic rings. The van der Waals surface area contributed by atoms with Gasteiger partial charge < -0.3 is 5.32 Å². The lowest BCUT2D eigenvalue weighted by molar-refractivity contribution is -0.384. The lowest BCUT2D eigenvalue weighted by atomic mass is 9.96. The molecule has 0 saturated carbocycles. The van der Waals surface area contributed by atoms with Crippen LogP contribution in [0.25, 0.3) is 0 Å². The molecule has 1 aromatic rings. The molecule has 0 spiro atoms. The van der Waals surface area contributed by atoms with Gasteiger partial charge in [0.15, 0.2) is 0 Å². The van der Waals surface area contributed by atoms with Crippen LogP contribution in [0.3, 0.4) is 0 Å². The second kappa shape index (κ2) is 4.18. The molecular weight excluding hydrogens is 204 g/mol. The maximum absolute atomic E-state index is 10.7. The van der Waals surface area contributed by atoms with Crippen molar-refractivity contribution in [1.29, 1.82) is 0 Å². The van der Waals surface area contributed by atoms with E-state index in [0.717, 1.165) is 11.3 Å². The Balaban J connectivity index is 2.33. The Morgan fingerprint density at radius 1 is 1.44 bits per heavy atom. The van der Waals surface area contributed by atoms with Crippen LogP contribution in [-0.2, 0) is 0 Å². The molecule has 0 aromatic heterocycles. The van der Waals surface area contributed by atoms with Gasteiger partial charge in [0.1, 0.15) is 0 Å². The van der Waals surface area contributed by atoms with Crippen LogP contribution in [0.1, 0.15) is 18.4 Å². The van der Waals surface area contributed by atoms with Gasteiger partial charge in [-0.05, 0) is 18.7 Å². The molecule has 1 heterocycles. The smallest absolute Gasteiger partial charge is 0.269 e. The topological polar surface area (TPSA) is 55.2 Å². The van der Waals surface area contributed by atoms with Crippen LogP contribution in [-0.4, -0.2) is 4.92 Å². The van der Waals surface area contributed by atoms with Crippen LogP contribution in [0, 0.1) is 10.1 Å². The molecule has 2 rings (SSSR count). The number of allylic oxidation sites excluding steroid dienone is 3. The largest absolute Gasteiger partial charge is 0.366 e. The standard InChI is InChI=1S/C12H12N2O2/c1-9-7-11(5-6-13-9)10-3-2-4-12(8-10)14(15)16/h2-8,11,13H,1H3. The molecular formula is C12H12N2O2. The number of dihydropyridines is 1. The summed E-state index contributed by atoms with van der Waals surface area (Å²) >= 11 is 0. The van der Waals surface area contributed by atoms with E-state index in [-0.39, 0.29) is 16.5 Å². The number of non-ortho nitro benzene ring substituents is 1. The highest BCUT2D eigenvalue weighted by Crippen LogP contribution is 2.25. The van der Waals surface area contributed by atoms with Crippen LogP contribution in [0.5, 0.6) is 0 Å². The number of hydrogen-bond acceptors (Lipinski definition) is 3. The molecule has 1 aromatic carbocycles. The molecule has 0 saturated heterocycles. The molecule has 1 aliphatic heterocycles. The summed E-state index contributed by atoms with van der Waals surface area (Å²) in [5.74, 6) is 0.112. The van der Waals surface area contributed by atoms with Gasteiger partial charge in [0.25, 0.3) is 5.69 Å². The summed E-state index contributed by atoms with van der Waals surface area (Å²) in [7, 11) is 0. The number of hydrogen-bond donors (Lipinski definition) is 1. The molecule has 0 aliphatic carbocycles. The fourth-order valence-corrected chi connectivity index (χ4v) is 1.71.